The minimum Gasteiger partial charge on any atom is -0.456 e. The zero-order valence-corrected chi connectivity index (χ0v) is 14.2. The summed E-state index contributed by atoms with van der Waals surface area (Å²) in [5.41, 5.74) is 1.06. The molecule has 2 aromatic rings. The van der Waals surface area contributed by atoms with Crippen LogP contribution in [0.2, 0.25) is 0 Å². The lowest BCUT2D eigenvalue weighted by molar-refractivity contribution is -0.154. The Morgan fingerprint density at radius 2 is 1.82 bits per heavy atom. The SMILES string of the molecule is O=C(O[C@H](CBr)c1ccc2ccccc2c1)C1CCCCC1. The van der Waals surface area contributed by atoms with Crippen LogP contribution in [0.5, 0.6) is 0 Å². The fourth-order valence-corrected chi connectivity index (χ4v) is 3.68. The second-order valence-corrected chi connectivity index (χ2v) is 6.67. The van der Waals surface area contributed by atoms with Crippen molar-refractivity contribution >= 4 is 32.7 Å². The largest absolute Gasteiger partial charge is 0.456 e. The van der Waals surface area contributed by atoms with Crippen molar-refractivity contribution in [3.8, 4) is 0 Å². The van der Waals surface area contributed by atoms with Gasteiger partial charge in [-0.2, -0.15) is 0 Å². The monoisotopic (exact) mass is 360 g/mol. The summed E-state index contributed by atoms with van der Waals surface area (Å²) < 4.78 is 5.79. The highest BCUT2D eigenvalue weighted by atomic mass is 79.9. The first kappa shape index (κ1) is 15.5. The van der Waals surface area contributed by atoms with Crippen molar-refractivity contribution in [1.82, 2.24) is 0 Å². The fraction of sp³-hybridized carbons (Fsp3) is 0.421. The number of benzene rings is 2. The first-order valence-electron chi connectivity index (χ1n) is 8.03. The van der Waals surface area contributed by atoms with E-state index in [0.717, 1.165) is 31.2 Å². The van der Waals surface area contributed by atoms with E-state index in [1.165, 1.54) is 17.2 Å². The fourth-order valence-electron chi connectivity index (χ4n) is 3.17. The van der Waals surface area contributed by atoms with Gasteiger partial charge in [0.15, 0.2) is 0 Å². The van der Waals surface area contributed by atoms with Crippen LogP contribution in [0.15, 0.2) is 42.5 Å². The van der Waals surface area contributed by atoms with Crippen LogP contribution < -0.4 is 0 Å². The Hall–Kier alpha value is -1.35. The van der Waals surface area contributed by atoms with Crippen molar-refractivity contribution in [2.45, 2.75) is 38.2 Å². The van der Waals surface area contributed by atoms with Gasteiger partial charge in [0, 0.05) is 5.33 Å². The van der Waals surface area contributed by atoms with Crippen molar-refractivity contribution in [2.75, 3.05) is 5.33 Å². The molecule has 1 aliphatic rings. The normalized spacial score (nSPS) is 17.3. The molecule has 0 radical (unpaired) electrons. The zero-order valence-electron chi connectivity index (χ0n) is 12.6. The number of hydrogen-bond donors (Lipinski definition) is 0. The van der Waals surface area contributed by atoms with E-state index in [0.29, 0.717) is 5.33 Å². The summed E-state index contributed by atoms with van der Waals surface area (Å²) in [5.74, 6) is 0.0630. The minimum atomic E-state index is -0.209. The average molecular weight is 361 g/mol. The summed E-state index contributed by atoms with van der Waals surface area (Å²) >= 11 is 3.49. The molecule has 2 aromatic carbocycles. The molecule has 1 fully saturated rings. The Balaban J connectivity index is 1.75. The molecule has 2 nitrogen and oxygen atoms in total. The van der Waals surface area contributed by atoms with E-state index in [1.54, 1.807) is 0 Å². The Labute approximate surface area is 140 Å². The van der Waals surface area contributed by atoms with Crippen LogP contribution in [-0.2, 0) is 9.53 Å². The highest BCUT2D eigenvalue weighted by molar-refractivity contribution is 9.09. The molecule has 1 aliphatic carbocycles. The number of carbonyl (C=O) groups is 1. The third-order valence-corrected chi connectivity index (χ3v) is 5.07. The lowest BCUT2D eigenvalue weighted by Crippen LogP contribution is -2.23. The van der Waals surface area contributed by atoms with E-state index in [2.05, 4.69) is 46.3 Å². The molecule has 0 aromatic heterocycles. The summed E-state index contributed by atoms with van der Waals surface area (Å²) in [5, 5.41) is 3.02. The highest BCUT2D eigenvalue weighted by Crippen LogP contribution is 2.29. The van der Waals surface area contributed by atoms with E-state index < -0.39 is 0 Å². The Kier molecular flexibility index (Phi) is 5.14. The summed E-state index contributed by atoms with van der Waals surface area (Å²) in [4.78, 5) is 12.4. The Morgan fingerprint density at radius 3 is 2.55 bits per heavy atom. The Morgan fingerprint density at radius 1 is 1.09 bits per heavy atom. The predicted molar refractivity (Wildman–Crippen MR) is 93.2 cm³/mol. The van der Waals surface area contributed by atoms with Crippen LogP contribution in [-0.4, -0.2) is 11.3 Å². The molecule has 0 bridgehead atoms. The highest BCUT2D eigenvalue weighted by Gasteiger charge is 2.25. The van der Waals surface area contributed by atoms with Crippen LogP contribution in [0.3, 0.4) is 0 Å². The van der Waals surface area contributed by atoms with Gasteiger partial charge < -0.3 is 4.74 Å². The summed E-state index contributed by atoms with van der Waals surface area (Å²) in [6.45, 7) is 0. The lowest BCUT2D eigenvalue weighted by Gasteiger charge is -2.23. The number of rotatable bonds is 4. The molecule has 0 heterocycles. The molecular formula is C19H21BrO2. The summed E-state index contributed by atoms with van der Waals surface area (Å²) in [7, 11) is 0. The number of fused-ring (bicyclic) bond motifs is 1. The Bertz CT molecular complexity index is 647. The van der Waals surface area contributed by atoms with Gasteiger partial charge in [0.25, 0.3) is 0 Å². The first-order chi connectivity index (χ1) is 10.8. The van der Waals surface area contributed by atoms with E-state index in [-0.39, 0.29) is 18.0 Å². The van der Waals surface area contributed by atoms with Gasteiger partial charge in [0.05, 0.1) is 5.92 Å². The van der Waals surface area contributed by atoms with Crippen molar-refractivity contribution in [3.63, 3.8) is 0 Å². The second-order valence-electron chi connectivity index (χ2n) is 6.02. The van der Waals surface area contributed by atoms with Crippen LogP contribution in [0.4, 0.5) is 0 Å². The molecule has 3 heteroatoms. The van der Waals surface area contributed by atoms with E-state index in [9.17, 15) is 4.79 Å². The van der Waals surface area contributed by atoms with Gasteiger partial charge in [-0.3, -0.25) is 4.79 Å². The number of hydrogen-bond acceptors (Lipinski definition) is 2. The maximum absolute atomic E-state index is 12.4. The molecular weight excluding hydrogens is 340 g/mol. The molecule has 0 aliphatic heterocycles. The van der Waals surface area contributed by atoms with E-state index >= 15 is 0 Å². The minimum absolute atomic E-state index is 0.0303. The van der Waals surface area contributed by atoms with Crippen molar-refractivity contribution in [1.29, 1.82) is 0 Å². The van der Waals surface area contributed by atoms with Crippen molar-refractivity contribution in [2.24, 2.45) is 5.92 Å². The molecule has 3 rings (SSSR count). The van der Waals surface area contributed by atoms with Crippen LogP contribution in [0, 0.1) is 5.92 Å². The van der Waals surface area contributed by atoms with Gasteiger partial charge in [0.2, 0.25) is 0 Å². The topological polar surface area (TPSA) is 26.3 Å². The standard InChI is InChI=1S/C19H21BrO2/c20-13-18(22-19(21)15-7-2-1-3-8-15)17-11-10-14-6-4-5-9-16(14)12-17/h4-6,9-12,15,18H,1-3,7-8,13H2/t18-/m1/s1. The van der Waals surface area contributed by atoms with Gasteiger partial charge in [0.1, 0.15) is 6.10 Å². The first-order valence-corrected chi connectivity index (χ1v) is 9.15. The number of alkyl halides is 1. The average Bonchev–Trinajstić information content (AvgIpc) is 2.59. The van der Waals surface area contributed by atoms with Gasteiger partial charge in [-0.25, -0.2) is 0 Å². The number of ether oxygens (including phenoxy) is 1. The maximum Gasteiger partial charge on any atom is 0.309 e. The van der Waals surface area contributed by atoms with Crippen LogP contribution >= 0.6 is 15.9 Å². The number of halogens is 1. The summed E-state index contributed by atoms with van der Waals surface area (Å²) in [6.07, 6.45) is 5.29. The predicted octanol–water partition coefficient (Wildman–Crippen LogP) is 5.40. The molecule has 1 saturated carbocycles. The number of carbonyl (C=O) groups excluding carboxylic acids is 1. The third-order valence-electron chi connectivity index (χ3n) is 4.48. The molecule has 0 N–H and O–H groups in total. The molecule has 22 heavy (non-hydrogen) atoms. The molecule has 0 spiro atoms. The van der Waals surface area contributed by atoms with Crippen LogP contribution in [0.25, 0.3) is 10.8 Å². The third kappa shape index (κ3) is 3.52. The molecule has 0 amide bonds. The van der Waals surface area contributed by atoms with Gasteiger partial charge >= 0.3 is 5.97 Å². The summed E-state index contributed by atoms with van der Waals surface area (Å²) in [6, 6.07) is 14.5. The van der Waals surface area contributed by atoms with Crippen molar-refractivity contribution < 1.29 is 9.53 Å². The number of esters is 1. The second kappa shape index (κ2) is 7.28. The lowest BCUT2D eigenvalue weighted by atomic mass is 9.89. The van der Waals surface area contributed by atoms with E-state index in [4.69, 9.17) is 4.74 Å². The maximum atomic E-state index is 12.4. The van der Waals surface area contributed by atoms with Gasteiger partial charge in [-0.05, 0) is 35.2 Å². The van der Waals surface area contributed by atoms with Gasteiger partial charge in [-0.15, -0.1) is 0 Å². The van der Waals surface area contributed by atoms with Crippen molar-refractivity contribution in [3.05, 3.63) is 48.0 Å². The van der Waals surface area contributed by atoms with Crippen LogP contribution in [0.1, 0.15) is 43.8 Å². The molecule has 0 unspecified atom stereocenters. The van der Waals surface area contributed by atoms with Gasteiger partial charge in [-0.1, -0.05) is 71.6 Å². The molecule has 116 valence electrons. The smallest absolute Gasteiger partial charge is 0.309 e. The quantitative estimate of drug-likeness (QED) is 0.538. The van der Waals surface area contributed by atoms with E-state index in [1.807, 2.05) is 12.1 Å². The molecule has 0 saturated heterocycles. The molecule has 1 atom stereocenters. The zero-order chi connectivity index (χ0) is 15.4.